The summed E-state index contributed by atoms with van der Waals surface area (Å²) in [5.74, 6) is 0.703. The van der Waals surface area contributed by atoms with Crippen molar-refractivity contribution in [1.29, 1.82) is 0 Å². The van der Waals surface area contributed by atoms with Gasteiger partial charge in [0.05, 0.1) is 37.6 Å². The lowest BCUT2D eigenvalue weighted by atomic mass is 9.98. The van der Waals surface area contributed by atoms with Crippen molar-refractivity contribution in [2.24, 2.45) is 0 Å². The van der Waals surface area contributed by atoms with Gasteiger partial charge in [-0.2, -0.15) is 4.31 Å². The highest BCUT2D eigenvalue weighted by Crippen LogP contribution is 2.40. The van der Waals surface area contributed by atoms with Crippen LogP contribution in [0.1, 0.15) is 40.9 Å². The highest BCUT2D eigenvalue weighted by atomic mass is 32.2. The second-order valence-corrected chi connectivity index (χ2v) is 10.2. The van der Waals surface area contributed by atoms with Crippen molar-refractivity contribution in [3.8, 4) is 11.5 Å². The van der Waals surface area contributed by atoms with E-state index in [4.69, 9.17) is 19.9 Å². The Bertz CT molecular complexity index is 1340. The fraction of sp³-hybridized carbons (Fsp3) is 0.296. The van der Waals surface area contributed by atoms with E-state index < -0.39 is 22.0 Å². The number of hydrogen-bond donors (Lipinski definition) is 1. The van der Waals surface area contributed by atoms with Crippen LogP contribution in [-0.4, -0.2) is 45.6 Å². The molecule has 0 saturated carbocycles. The molecule has 1 unspecified atom stereocenters. The van der Waals surface area contributed by atoms with Crippen LogP contribution < -0.4 is 15.2 Å². The predicted octanol–water partition coefficient (Wildman–Crippen LogP) is 4.21. The molecule has 3 aromatic carbocycles. The SMILES string of the molecule is CCOc1ccccc1CCN(C1CCOc2cc(C(=O)OC)ccc21)S(=O)(=O)c1ccccc1N. The molecule has 1 heterocycles. The number of methoxy groups -OCH3 is 1. The molecule has 1 aliphatic rings. The Morgan fingerprint density at radius 1 is 1.11 bits per heavy atom. The van der Waals surface area contributed by atoms with Crippen LogP contribution in [0.2, 0.25) is 0 Å². The van der Waals surface area contributed by atoms with Crippen molar-refractivity contribution in [1.82, 2.24) is 4.31 Å². The van der Waals surface area contributed by atoms with Crippen molar-refractivity contribution < 1.29 is 27.4 Å². The van der Waals surface area contributed by atoms with E-state index >= 15 is 0 Å². The molecule has 0 amide bonds. The maximum Gasteiger partial charge on any atom is 0.337 e. The number of fused-ring (bicyclic) bond motifs is 1. The zero-order chi connectivity index (χ0) is 25.7. The molecule has 0 aliphatic carbocycles. The summed E-state index contributed by atoms with van der Waals surface area (Å²) >= 11 is 0. The average molecular weight is 511 g/mol. The lowest BCUT2D eigenvalue weighted by molar-refractivity contribution is 0.0599. The van der Waals surface area contributed by atoms with Crippen LogP contribution in [0.5, 0.6) is 11.5 Å². The number of nitrogens with zero attached hydrogens (tertiary/aromatic N) is 1. The first-order valence-corrected chi connectivity index (χ1v) is 13.2. The highest BCUT2D eigenvalue weighted by Gasteiger charge is 2.37. The van der Waals surface area contributed by atoms with Crippen molar-refractivity contribution >= 4 is 21.7 Å². The molecule has 3 aromatic rings. The van der Waals surface area contributed by atoms with Crippen LogP contribution in [0.25, 0.3) is 0 Å². The summed E-state index contributed by atoms with van der Waals surface area (Å²) in [6, 6.07) is 18.5. The molecule has 1 atom stereocenters. The molecule has 9 heteroatoms. The zero-order valence-corrected chi connectivity index (χ0v) is 21.2. The molecular formula is C27H30N2O6S. The van der Waals surface area contributed by atoms with Crippen LogP contribution in [0, 0.1) is 0 Å². The van der Waals surface area contributed by atoms with Crippen molar-refractivity contribution in [3.05, 3.63) is 83.4 Å². The third-order valence-corrected chi connectivity index (χ3v) is 8.15. The predicted molar refractivity (Wildman–Crippen MR) is 137 cm³/mol. The number of para-hydroxylation sites is 2. The first-order valence-electron chi connectivity index (χ1n) is 11.8. The van der Waals surface area contributed by atoms with E-state index in [0.717, 1.165) is 11.3 Å². The number of anilines is 1. The monoisotopic (exact) mass is 510 g/mol. The topological polar surface area (TPSA) is 108 Å². The number of nitrogen functional groups attached to an aromatic ring is 1. The summed E-state index contributed by atoms with van der Waals surface area (Å²) in [6.07, 6.45) is 0.888. The third-order valence-electron chi connectivity index (χ3n) is 6.17. The van der Waals surface area contributed by atoms with Gasteiger partial charge in [-0.25, -0.2) is 13.2 Å². The number of carbonyl (C=O) groups is 1. The Morgan fingerprint density at radius 2 is 1.86 bits per heavy atom. The maximum absolute atomic E-state index is 14.0. The largest absolute Gasteiger partial charge is 0.494 e. The Balaban J connectivity index is 1.76. The summed E-state index contributed by atoms with van der Waals surface area (Å²) in [4.78, 5) is 12.1. The van der Waals surface area contributed by atoms with Crippen LogP contribution in [0.15, 0.2) is 71.6 Å². The van der Waals surface area contributed by atoms with Gasteiger partial charge in [0.25, 0.3) is 0 Å². The van der Waals surface area contributed by atoms with Gasteiger partial charge in [-0.3, -0.25) is 0 Å². The Morgan fingerprint density at radius 3 is 2.61 bits per heavy atom. The van der Waals surface area contributed by atoms with Crippen LogP contribution in [-0.2, 0) is 21.2 Å². The quantitative estimate of drug-likeness (QED) is 0.339. The van der Waals surface area contributed by atoms with Gasteiger partial charge in [0, 0.05) is 18.5 Å². The minimum Gasteiger partial charge on any atom is -0.494 e. The molecule has 0 aromatic heterocycles. The van der Waals surface area contributed by atoms with E-state index in [-0.39, 0.29) is 17.1 Å². The van der Waals surface area contributed by atoms with Crippen LogP contribution in [0.3, 0.4) is 0 Å². The molecule has 1 aliphatic heterocycles. The standard InChI is InChI=1S/C27H30N2O6S/c1-3-34-24-10-6-4-8-19(24)14-16-29(36(31,32)26-11-7-5-9-22(26)28)23-15-17-35-25-18-20(27(30)33-2)12-13-21(23)25/h4-13,18,23H,3,14-17,28H2,1-2H3. The lowest BCUT2D eigenvalue weighted by Gasteiger charge is -2.35. The van der Waals surface area contributed by atoms with E-state index in [2.05, 4.69) is 0 Å². The lowest BCUT2D eigenvalue weighted by Crippen LogP contribution is -2.39. The normalized spacial score (nSPS) is 15.1. The second-order valence-electron chi connectivity index (χ2n) is 8.34. The number of benzene rings is 3. The van der Waals surface area contributed by atoms with Gasteiger partial charge in [0.1, 0.15) is 16.4 Å². The number of carbonyl (C=O) groups excluding carboxylic acids is 1. The Hall–Kier alpha value is -3.56. The van der Waals surface area contributed by atoms with E-state index in [1.54, 1.807) is 36.4 Å². The van der Waals surface area contributed by atoms with Crippen molar-refractivity contribution in [2.75, 3.05) is 32.6 Å². The maximum atomic E-state index is 14.0. The van der Waals surface area contributed by atoms with Gasteiger partial charge in [-0.1, -0.05) is 36.4 Å². The van der Waals surface area contributed by atoms with E-state index in [0.29, 0.717) is 42.9 Å². The molecular weight excluding hydrogens is 480 g/mol. The average Bonchev–Trinajstić information content (AvgIpc) is 2.89. The molecule has 0 radical (unpaired) electrons. The summed E-state index contributed by atoms with van der Waals surface area (Å²) in [5, 5.41) is 0. The van der Waals surface area contributed by atoms with Gasteiger partial charge in [0.2, 0.25) is 10.0 Å². The molecule has 0 saturated heterocycles. The molecule has 4 rings (SSSR count). The van der Waals surface area contributed by atoms with E-state index in [1.165, 1.54) is 17.5 Å². The third kappa shape index (κ3) is 5.17. The highest BCUT2D eigenvalue weighted by molar-refractivity contribution is 7.89. The Kier molecular flexibility index (Phi) is 7.81. The van der Waals surface area contributed by atoms with Gasteiger partial charge in [-0.15, -0.1) is 0 Å². The number of ether oxygens (including phenoxy) is 3. The van der Waals surface area contributed by atoms with Gasteiger partial charge >= 0.3 is 5.97 Å². The van der Waals surface area contributed by atoms with Gasteiger partial charge in [0.15, 0.2) is 0 Å². The minimum absolute atomic E-state index is 0.0577. The number of rotatable bonds is 9. The first kappa shape index (κ1) is 25.5. The number of esters is 1. The molecule has 0 bridgehead atoms. The summed E-state index contributed by atoms with van der Waals surface area (Å²) in [7, 11) is -2.67. The molecule has 0 spiro atoms. The second kappa shape index (κ2) is 11.0. The number of hydrogen-bond acceptors (Lipinski definition) is 7. The Labute approximate surface area is 211 Å². The number of nitrogens with two attached hydrogens (primary N) is 1. The van der Waals surface area contributed by atoms with Crippen LogP contribution in [0.4, 0.5) is 5.69 Å². The smallest absolute Gasteiger partial charge is 0.337 e. The summed E-state index contributed by atoms with van der Waals surface area (Å²) < 4.78 is 45.9. The zero-order valence-electron chi connectivity index (χ0n) is 20.3. The molecule has 2 N–H and O–H groups in total. The minimum atomic E-state index is -3.98. The van der Waals surface area contributed by atoms with Crippen molar-refractivity contribution in [3.63, 3.8) is 0 Å². The molecule has 36 heavy (non-hydrogen) atoms. The van der Waals surface area contributed by atoms with Crippen molar-refractivity contribution in [2.45, 2.75) is 30.7 Å². The summed E-state index contributed by atoms with van der Waals surface area (Å²) in [6.45, 7) is 2.92. The number of sulfonamides is 1. The van der Waals surface area contributed by atoms with E-state index in [9.17, 15) is 13.2 Å². The molecule has 0 fully saturated rings. The fourth-order valence-electron chi connectivity index (χ4n) is 4.44. The molecule has 190 valence electrons. The van der Waals surface area contributed by atoms with Gasteiger partial charge < -0.3 is 19.9 Å². The van der Waals surface area contributed by atoms with Gasteiger partial charge in [-0.05, 0) is 49.2 Å². The summed E-state index contributed by atoms with van der Waals surface area (Å²) in [5.41, 5.74) is 8.23. The molecule has 8 nitrogen and oxygen atoms in total. The van der Waals surface area contributed by atoms with Crippen LogP contribution >= 0.6 is 0 Å². The van der Waals surface area contributed by atoms with E-state index in [1.807, 2.05) is 31.2 Å². The fourth-order valence-corrected chi connectivity index (χ4v) is 6.19. The first-order chi connectivity index (χ1) is 17.4.